The lowest BCUT2D eigenvalue weighted by molar-refractivity contribution is 0.627. The van der Waals surface area contributed by atoms with Crippen molar-refractivity contribution in [3.8, 4) is 0 Å². The Hall–Kier alpha value is -0.900. The zero-order valence-corrected chi connectivity index (χ0v) is 8.83. The summed E-state index contributed by atoms with van der Waals surface area (Å²) in [6, 6.07) is 0. The summed E-state index contributed by atoms with van der Waals surface area (Å²) in [6.07, 6.45) is 0. The van der Waals surface area contributed by atoms with Crippen molar-refractivity contribution in [1.29, 1.82) is 0 Å². The van der Waals surface area contributed by atoms with Crippen LogP contribution in [0.15, 0.2) is 0 Å². The molecule has 1 heterocycles. The average Bonchev–Trinajstić information content (AvgIpc) is 2.44. The molecular formula is C9H18N4. The summed E-state index contributed by atoms with van der Waals surface area (Å²) in [5.74, 6) is 2.34. The van der Waals surface area contributed by atoms with Crippen molar-refractivity contribution in [2.75, 3.05) is 6.54 Å². The van der Waals surface area contributed by atoms with Gasteiger partial charge in [-0.15, -0.1) is 0 Å². The van der Waals surface area contributed by atoms with Crippen LogP contribution < -0.4 is 5.32 Å². The molecule has 13 heavy (non-hydrogen) atoms. The highest BCUT2D eigenvalue weighted by Crippen LogP contribution is 2.08. The normalized spacial score (nSPS) is 11.2. The summed E-state index contributed by atoms with van der Waals surface area (Å²) in [5.41, 5.74) is 0. The third-order valence-electron chi connectivity index (χ3n) is 1.92. The zero-order valence-electron chi connectivity index (χ0n) is 8.83. The molecule has 4 heteroatoms. The third kappa shape index (κ3) is 2.52. The number of hydrogen-bond acceptors (Lipinski definition) is 3. The van der Waals surface area contributed by atoms with Gasteiger partial charge in [-0.3, -0.25) is 4.68 Å². The van der Waals surface area contributed by atoms with Gasteiger partial charge < -0.3 is 5.32 Å². The second-order valence-electron chi connectivity index (χ2n) is 3.44. The minimum Gasteiger partial charge on any atom is -0.310 e. The number of nitrogens with one attached hydrogen (secondary N) is 1. The maximum atomic E-state index is 4.44. The van der Waals surface area contributed by atoms with Crippen molar-refractivity contribution in [3.05, 3.63) is 11.6 Å². The highest BCUT2D eigenvalue weighted by Gasteiger charge is 2.08. The zero-order chi connectivity index (χ0) is 9.84. The Balaban J connectivity index is 2.71. The van der Waals surface area contributed by atoms with Gasteiger partial charge in [0.1, 0.15) is 5.82 Å². The second-order valence-corrected chi connectivity index (χ2v) is 3.44. The average molecular weight is 182 g/mol. The Labute approximate surface area is 79.4 Å². The summed E-state index contributed by atoms with van der Waals surface area (Å²) < 4.78 is 1.85. The van der Waals surface area contributed by atoms with Crippen LogP contribution in [-0.4, -0.2) is 21.3 Å². The van der Waals surface area contributed by atoms with E-state index in [0.29, 0.717) is 5.92 Å². The van der Waals surface area contributed by atoms with Gasteiger partial charge in [-0.1, -0.05) is 20.8 Å². The Morgan fingerprint density at radius 1 is 1.46 bits per heavy atom. The van der Waals surface area contributed by atoms with E-state index in [9.17, 15) is 0 Å². The fourth-order valence-corrected chi connectivity index (χ4v) is 1.07. The van der Waals surface area contributed by atoms with Gasteiger partial charge in [-0.25, -0.2) is 4.98 Å². The molecule has 0 fully saturated rings. The lowest BCUT2D eigenvalue weighted by Gasteiger charge is -1.98. The van der Waals surface area contributed by atoms with Crippen molar-refractivity contribution >= 4 is 0 Å². The monoisotopic (exact) mass is 182 g/mol. The first-order valence-corrected chi connectivity index (χ1v) is 4.75. The first-order valence-electron chi connectivity index (χ1n) is 4.75. The predicted molar refractivity (Wildman–Crippen MR) is 52.5 cm³/mol. The molecule has 0 saturated heterocycles. The largest absolute Gasteiger partial charge is 0.310 e. The number of aromatic nitrogens is 3. The lowest BCUT2D eigenvalue weighted by atomic mass is 10.2. The fourth-order valence-electron chi connectivity index (χ4n) is 1.07. The number of rotatable bonds is 4. The van der Waals surface area contributed by atoms with Crippen LogP contribution in [0.25, 0.3) is 0 Å². The van der Waals surface area contributed by atoms with Gasteiger partial charge in [0.2, 0.25) is 0 Å². The van der Waals surface area contributed by atoms with E-state index in [4.69, 9.17) is 0 Å². The van der Waals surface area contributed by atoms with Crippen molar-refractivity contribution in [2.45, 2.75) is 33.2 Å². The molecule has 0 spiro atoms. The van der Waals surface area contributed by atoms with E-state index < -0.39 is 0 Å². The standard InChI is InChI=1S/C9H18N4/c1-5-10-6-8-11-9(7(2)3)12-13(8)4/h7,10H,5-6H2,1-4H3. The van der Waals surface area contributed by atoms with Gasteiger partial charge in [0.05, 0.1) is 6.54 Å². The number of hydrogen-bond donors (Lipinski definition) is 1. The van der Waals surface area contributed by atoms with E-state index in [1.54, 1.807) is 0 Å². The Morgan fingerprint density at radius 2 is 2.15 bits per heavy atom. The van der Waals surface area contributed by atoms with E-state index >= 15 is 0 Å². The molecule has 0 atom stereocenters. The molecule has 1 rings (SSSR count). The molecule has 74 valence electrons. The van der Waals surface area contributed by atoms with Gasteiger partial charge in [-0.05, 0) is 6.54 Å². The van der Waals surface area contributed by atoms with Crippen LogP contribution in [0.4, 0.5) is 0 Å². The molecule has 0 saturated carbocycles. The quantitative estimate of drug-likeness (QED) is 0.756. The van der Waals surface area contributed by atoms with Gasteiger partial charge in [0.15, 0.2) is 5.82 Å². The highest BCUT2D eigenvalue weighted by atomic mass is 15.3. The molecule has 0 aliphatic carbocycles. The SMILES string of the molecule is CCNCc1nc(C(C)C)nn1C. The summed E-state index contributed by atoms with van der Waals surface area (Å²) >= 11 is 0. The fraction of sp³-hybridized carbons (Fsp3) is 0.778. The molecule has 1 aromatic rings. The predicted octanol–water partition coefficient (Wildman–Crippen LogP) is 1.05. The van der Waals surface area contributed by atoms with Gasteiger partial charge in [0, 0.05) is 13.0 Å². The molecule has 0 aromatic carbocycles. The number of nitrogens with zero attached hydrogens (tertiary/aromatic N) is 3. The minimum absolute atomic E-state index is 0.404. The van der Waals surface area contributed by atoms with Crippen molar-refractivity contribution < 1.29 is 0 Å². The van der Waals surface area contributed by atoms with Crippen LogP contribution in [0.2, 0.25) is 0 Å². The molecule has 1 aromatic heterocycles. The van der Waals surface area contributed by atoms with Gasteiger partial charge in [0.25, 0.3) is 0 Å². The van der Waals surface area contributed by atoms with E-state index in [0.717, 1.165) is 24.7 Å². The minimum atomic E-state index is 0.404. The van der Waals surface area contributed by atoms with Crippen molar-refractivity contribution in [3.63, 3.8) is 0 Å². The van der Waals surface area contributed by atoms with Crippen LogP contribution >= 0.6 is 0 Å². The van der Waals surface area contributed by atoms with Crippen LogP contribution in [0, 0.1) is 0 Å². The van der Waals surface area contributed by atoms with Crippen LogP contribution in [0.3, 0.4) is 0 Å². The third-order valence-corrected chi connectivity index (χ3v) is 1.92. The molecule has 0 bridgehead atoms. The molecular weight excluding hydrogens is 164 g/mol. The topological polar surface area (TPSA) is 42.7 Å². The summed E-state index contributed by atoms with van der Waals surface area (Å²) in [5, 5.41) is 7.56. The molecule has 1 N–H and O–H groups in total. The first kappa shape index (κ1) is 10.2. The molecule has 0 unspecified atom stereocenters. The van der Waals surface area contributed by atoms with Crippen LogP contribution in [-0.2, 0) is 13.6 Å². The van der Waals surface area contributed by atoms with E-state index in [2.05, 4.69) is 36.2 Å². The van der Waals surface area contributed by atoms with Crippen LogP contribution in [0.5, 0.6) is 0 Å². The smallest absolute Gasteiger partial charge is 0.153 e. The Kier molecular flexibility index (Phi) is 3.42. The molecule has 0 aliphatic rings. The summed E-state index contributed by atoms with van der Waals surface area (Å²) in [6.45, 7) is 8.05. The molecule has 0 aliphatic heterocycles. The first-order chi connectivity index (χ1) is 6.15. The highest BCUT2D eigenvalue weighted by molar-refractivity contribution is 4.96. The molecule has 4 nitrogen and oxygen atoms in total. The Morgan fingerprint density at radius 3 is 2.62 bits per heavy atom. The van der Waals surface area contributed by atoms with Crippen molar-refractivity contribution in [1.82, 2.24) is 20.1 Å². The van der Waals surface area contributed by atoms with Crippen LogP contribution in [0.1, 0.15) is 38.3 Å². The summed E-state index contributed by atoms with van der Waals surface area (Å²) in [7, 11) is 1.94. The second kappa shape index (κ2) is 4.37. The van der Waals surface area contributed by atoms with Gasteiger partial charge in [-0.2, -0.15) is 5.10 Å². The van der Waals surface area contributed by atoms with E-state index in [1.807, 2.05) is 11.7 Å². The van der Waals surface area contributed by atoms with E-state index in [-0.39, 0.29) is 0 Å². The maximum Gasteiger partial charge on any atom is 0.153 e. The van der Waals surface area contributed by atoms with Crippen molar-refractivity contribution in [2.24, 2.45) is 7.05 Å². The summed E-state index contributed by atoms with van der Waals surface area (Å²) in [4.78, 5) is 4.44. The Bertz CT molecular complexity index is 265. The van der Waals surface area contributed by atoms with Gasteiger partial charge >= 0.3 is 0 Å². The number of aryl methyl sites for hydroxylation is 1. The molecule has 0 radical (unpaired) electrons. The maximum absolute atomic E-state index is 4.44. The molecule has 0 amide bonds. The lowest BCUT2D eigenvalue weighted by Crippen LogP contribution is -2.15. The van der Waals surface area contributed by atoms with E-state index in [1.165, 1.54) is 0 Å².